The number of anilines is 1. The van der Waals surface area contributed by atoms with Gasteiger partial charge >= 0.3 is 0 Å². The van der Waals surface area contributed by atoms with Gasteiger partial charge in [0.25, 0.3) is 11.5 Å². The fourth-order valence-electron chi connectivity index (χ4n) is 2.53. The molecule has 2 aromatic heterocycles. The first-order chi connectivity index (χ1) is 10.5. The molecule has 2 heterocycles. The number of rotatable bonds is 3. The third kappa shape index (κ3) is 2.74. The van der Waals surface area contributed by atoms with Gasteiger partial charge in [-0.3, -0.25) is 14.9 Å². The van der Waals surface area contributed by atoms with Gasteiger partial charge < -0.3 is 0 Å². The highest BCUT2D eigenvalue weighted by atomic mass is 16.2. The van der Waals surface area contributed by atoms with E-state index in [0.29, 0.717) is 0 Å². The highest BCUT2D eigenvalue weighted by Gasteiger charge is 2.21. The van der Waals surface area contributed by atoms with Crippen molar-refractivity contribution in [1.82, 2.24) is 19.7 Å². The Balaban J connectivity index is 1.83. The summed E-state index contributed by atoms with van der Waals surface area (Å²) in [5.41, 5.74) is 2.40. The average molecular weight is 299 g/mol. The topological polar surface area (TPSA) is 89.8 Å². The molecule has 0 bridgehead atoms. The molecule has 0 saturated heterocycles. The van der Waals surface area contributed by atoms with Crippen LogP contribution in [-0.2, 0) is 17.6 Å². The molecular weight excluding hydrogens is 282 g/mol. The van der Waals surface area contributed by atoms with Crippen molar-refractivity contribution in [3.05, 3.63) is 45.6 Å². The van der Waals surface area contributed by atoms with E-state index in [9.17, 15) is 9.59 Å². The number of aryl methyl sites for hydroxylation is 3. The number of carbonyl (C=O) groups excluding carboxylic acids is 1. The third-order valence-electron chi connectivity index (χ3n) is 3.76. The van der Waals surface area contributed by atoms with Crippen molar-refractivity contribution in [2.24, 2.45) is 0 Å². The van der Waals surface area contributed by atoms with E-state index in [1.54, 1.807) is 25.3 Å². The standard InChI is InChI=1S/C15H17N5O2/c1-9-6-7-16-15(17-9)18-14(22)10(2)20-13(21)8-11-4-3-5-12(11)19-20/h6-8,10H,3-5H2,1-2H3,(H,16,17,18,22). The molecule has 0 spiro atoms. The van der Waals surface area contributed by atoms with Crippen LogP contribution in [0.25, 0.3) is 0 Å². The summed E-state index contributed by atoms with van der Waals surface area (Å²) in [5.74, 6) is -0.135. The zero-order valence-corrected chi connectivity index (χ0v) is 12.5. The van der Waals surface area contributed by atoms with Crippen molar-refractivity contribution in [2.45, 2.75) is 39.2 Å². The predicted octanol–water partition coefficient (Wildman–Crippen LogP) is 1.03. The van der Waals surface area contributed by atoms with E-state index in [4.69, 9.17) is 0 Å². The van der Waals surface area contributed by atoms with Crippen LogP contribution < -0.4 is 10.9 Å². The molecule has 0 fully saturated rings. The smallest absolute Gasteiger partial charge is 0.267 e. The van der Waals surface area contributed by atoms with Crippen LogP contribution in [-0.4, -0.2) is 25.7 Å². The highest BCUT2D eigenvalue weighted by molar-refractivity contribution is 5.91. The lowest BCUT2D eigenvalue weighted by Gasteiger charge is -2.14. The van der Waals surface area contributed by atoms with E-state index in [0.717, 1.165) is 36.2 Å². The summed E-state index contributed by atoms with van der Waals surface area (Å²) in [7, 11) is 0. The molecule has 0 aromatic carbocycles. The molecule has 1 aliphatic carbocycles. The predicted molar refractivity (Wildman–Crippen MR) is 80.6 cm³/mol. The first-order valence-electron chi connectivity index (χ1n) is 7.27. The minimum Gasteiger partial charge on any atom is -0.293 e. The Morgan fingerprint density at radius 3 is 3.00 bits per heavy atom. The Bertz CT molecular complexity index is 784. The summed E-state index contributed by atoms with van der Waals surface area (Å²) >= 11 is 0. The van der Waals surface area contributed by atoms with Crippen LogP contribution in [0.5, 0.6) is 0 Å². The van der Waals surface area contributed by atoms with E-state index in [1.807, 2.05) is 6.92 Å². The second kappa shape index (κ2) is 5.67. The molecule has 1 atom stereocenters. The minimum atomic E-state index is -0.720. The zero-order valence-electron chi connectivity index (χ0n) is 12.5. The summed E-state index contributed by atoms with van der Waals surface area (Å²) in [5, 5.41) is 6.95. The number of nitrogens with one attached hydrogen (secondary N) is 1. The van der Waals surface area contributed by atoms with E-state index in [-0.39, 0.29) is 17.4 Å². The van der Waals surface area contributed by atoms with Crippen molar-refractivity contribution < 1.29 is 4.79 Å². The summed E-state index contributed by atoms with van der Waals surface area (Å²) in [4.78, 5) is 32.5. The molecule has 7 nitrogen and oxygen atoms in total. The highest BCUT2D eigenvalue weighted by Crippen LogP contribution is 2.18. The molecular formula is C15H17N5O2. The Kier molecular flexibility index (Phi) is 3.70. The van der Waals surface area contributed by atoms with Crippen LogP contribution in [0.4, 0.5) is 5.95 Å². The van der Waals surface area contributed by atoms with Gasteiger partial charge in [0.05, 0.1) is 5.69 Å². The quantitative estimate of drug-likeness (QED) is 0.914. The Hall–Kier alpha value is -2.57. The van der Waals surface area contributed by atoms with Gasteiger partial charge in [-0.05, 0) is 44.7 Å². The van der Waals surface area contributed by atoms with Crippen LogP contribution in [0.1, 0.15) is 36.3 Å². The van der Waals surface area contributed by atoms with Gasteiger partial charge in [0.15, 0.2) is 0 Å². The monoisotopic (exact) mass is 299 g/mol. The number of hydrogen-bond donors (Lipinski definition) is 1. The van der Waals surface area contributed by atoms with Crippen LogP contribution in [0.15, 0.2) is 23.1 Å². The van der Waals surface area contributed by atoms with Crippen LogP contribution in [0.2, 0.25) is 0 Å². The molecule has 2 aromatic rings. The molecule has 7 heteroatoms. The maximum atomic E-state index is 12.3. The van der Waals surface area contributed by atoms with E-state index in [2.05, 4.69) is 20.4 Å². The molecule has 114 valence electrons. The summed E-state index contributed by atoms with van der Waals surface area (Å²) in [6.07, 6.45) is 4.31. The Morgan fingerprint density at radius 2 is 2.23 bits per heavy atom. The van der Waals surface area contributed by atoms with Gasteiger partial charge in [-0.15, -0.1) is 0 Å². The number of hydrogen-bond acceptors (Lipinski definition) is 5. The van der Waals surface area contributed by atoms with Crippen LogP contribution in [0.3, 0.4) is 0 Å². The third-order valence-corrected chi connectivity index (χ3v) is 3.76. The van der Waals surface area contributed by atoms with Gasteiger partial charge in [0, 0.05) is 18.0 Å². The SMILES string of the molecule is Cc1ccnc(NC(=O)C(C)n2nc3c(cc2=O)CCC3)n1. The maximum absolute atomic E-state index is 12.3. The Labute approximate surface area is 127 Å². The average Bonchev–Trinajstić information content (AvgIpc) is 2.92. The van der Waals surface area contributed by atoms with Gasteiger partial charge in [0.1, 0.15) is 6.04 Å². The lowest BCUT2D eigenvalue weighted by Crippen LogP contribution is -2.34. The second-order valence-corrected chi connectivity index (χ2v) is 5.44. The molecule has 1 amide bonds. The number of aromatic nitrogens is 4. The molecule has 22 heavy (non-hydrogen) atoms. The molecule has 1 unspecified atom stereocenters. The number of amides is 1. The van der Waals surface area contributed by atoms with E-state index < -0.39 is 6.04 Å². The molecule has 1 aliphatic rings. The van der Waals surface area contributed by atoms with Crippen molar-refractivity contribution in [1.29, 1.82) is 0 Å². The van der Waals surface area contributed by atoms with Crippen molar-refractivity contribution >= 4 is 11.9 Å². The largest absolute Gasteiger partial charge is 0.293 e. The fourth-order valence-corrected chi connectivity index (χ4v) is 2.53. The van der Waals surface area contributed by atoms with Gasteiger partial charge in [-0.1, -0.05) is 0 Å². The summed E-state index contributed by atoms with van der Waals surface area (Å²) in [6, 6.07) is 2.61. The van der Waals surface area contributed by atoms with E-state index >= 15 is 0 Å². The van der Waals surface area contributed by atoms with Crippen molar-refractivity contribution in [3.63, 3.8) is 0 Å². The molecule has 3 rings (SSSR count). The lowest BCUT2D eigenvalue weighted by atomic mass is 10.2. The van der Waals surface area contributed by atoms with Gasteiger partial charge in [-0.25, -0.2) is 14.6 Å². The minimum absolute atomic E-state index is 0.228. The lowest BCUT2D eigenvalue weighted by molar-refractivity contribution is -0.119. The molecule has 1 N–H and O–H groups in total. The van der Waals surface area contributed by atoms with Crippen molar-refractivity contribution in [3.8, 4) is 0 Å². The Morgan fingerprint density at radius 1 is 1.41 bits per heavy atom. The number of fused-ring (bicyclic) bond motifs is 1. The van der Waals surface area contributed by atoms with Crippen LogP contribution >= 0.6 is 0 Å². The fraction of sp³-hybridized carbons (Fsp3) is 0.400. The number of carbonyl (C=O) groups is 1. The van der Waals surface area contributed by atoms with Gasteiger partial charge in [0.2, 0.25) is 5.95 Å². The first-order valence-corrected chi connectivity index (χ1v) is 7.27. The first kappa shape index (κ1) is 14.4. The number of nitrogens with zero attached hydrogens (tertiary/aromatic N) is 4. The van der Waals surface area contributed by atoms with Crippen LogP contribution in [0, 0.1) is 6.92 Å². The zero-order chi connectivity index (χ0) is 15.7. The normalized spacial score (nSPS) is 14.5. The van der Waals surface area contributed by atoms with E-state index in [1.165, 1.54) is 4.68 Å². The summed E-state index contributed by atoms with van der Waals surface area (Å²) in [6.45, 7) is 3.45. The molecule has 0 aliphatic heterocycles. The molecule has 0 radical (unpaired) electrons. The van der Waals surface area contributed by atoms with Crippen molar-refractivity contribution in [2.75, 3.05) is 5.32 Å². The van der Waals surface area contributed by atoms with Gasteiger partial charge in [-0.2, -0.15) is 5.10 Å². The summed E-state index contributed by atoms with van der Waals surface area (Å²) < 4.78 is 1.23. The second-order valence-electron chi connectivity index (χ2n) is 5.44. The molecule has 0 saturated carbocycles. The maximum Gasteiger partial charge on any atom is 0.267 e.